The molecule has 1 aliphatic heterocycles. The van der Waals surface area contributed by atoms with E-state index >= 15 is 0 Å². The third-order valence-corrected chi connectivity index (χ3v) is 3.55. The fourth-order valence-electron chi connectivity index (χ4n) is 2.44. The smallest absolute Gasteiger partial charge is 0.224 e. The van der Waals surface area contributed by atoms with Crippen molar-refractivity contribution in [2.24, 2.45) is 11.7 Å². The number of nitrogens with two attached hydrogens (primary N) is 1. The molecule has 3 atom stereocenters. The fourth-order valence-corrected chi connectivity index (χ4v) is 2.44. The van der Waals surface area contributed by atoms with Crippen molar-refractivity contribution in [1.29, 1.82) is 0 Å². The summed E-state index contributed by atoms with van der Waals surface area (Å²) in [5, 5.41) is 3.06. The molecule has 1 saturated heterocycles. The van der Waals surface area contributed by atoms with Gasteiger partial charge < -0.3 is 16.0 Å². The maximum atomic E-state index is 11.7. The first-order valence-electron chi connectivity index (χ1n) is 6.45. The molecule has 1 saturated carbocycles. The Hall–Kier alpha value is -0.610. The molecule has 1 aliphatic carbocycles. The number of hydrogen-bond donors (Lipinski definition) is 2. The molecule has 3 unspecified atom stereocenters. The highest BCUT2D eigenvalue weighted by atomic mass is 16.2. The van der Waals surface area contributed by atoms with Crippen LogP contribution in [0.3, 0.4) is 0 Å². The Balaban J connectivity index is 1.66. The van der Waals surface area contributed by atoms with Crippen molar-refractivity contribution in [1.82, 2.24) is 10.2 Å². The van der Waals surface area contributed by atoms with Crippen LogP contribution in [0.2, 0.25) is 0 Å². The molecule has 4 nitrogen and oxygen atoms in total. The first kappa shape index (κ1) is 11.9. The highest BCUT2D eigenvalue weighted by Gasteiger charge is 2.40. The van der Waals surface area contributed by atoms with Crippen LogP contribution < -0.4 is 11.1 Å². The fraction of sp³-hybridized carbons (Fsp3) is 0.917. The number of amides is 1. The summed E-state index contributed by atoms with van der Waals surface area (Å²) in [7, 11) is 0. The van der Waals surface area contributed by atoms with Crippen molar-refractivity contribution < 1.29 is 4.79 Å². The van der Waals surface area contributed by atoms with E-state index in [1.54, 1.807) is 0 Å². The van der Waals surface area contributed by atoms with Crippen LogP contribution in [0.1, 0.15) is 32.6 Å². The second-order valence-electron chi connectivity index (χ2n) is 5.28. The van der Waals surface area contributed by atoms with Crippen LogP contribution in [-0.4, -0.2) is 42.5 Å². The highest BCUT2D eigenvalue weighted by molar-refractivity contribution is 5.82. The van der Waals surface area contributed by atoms with Gasteiger partial charge >= 0.3 is 0 Å². The average Bonchev–Trinajstić information content (AvgIpc) is 2.97. The molecule has 2 fully saturated rings. The lowest BCUT2D eigenvalue weighted by molar-refractivity contribution is -0.123. The van der Waals surface area contributed by atoms with E-state index in [2.05, 4.69) is 17.1 Å². The molecule has 1 heterocycles. The Labute approximate surface area is 97.6 Å². The van der Waals surface area contributed by atoms with Gasteiger partial charge in [0.05, 0.1) is 5.92 Å². The number of piperidine rings is 1. The van der Waals surface area contributed by atoms with Crippen LogP contribution >= 0.6 is 0 Å². The maximum absolute atomic E-state index is 11.7. The van der Waals surface area contributed by atoms with Crippen molar-refractivity contribution in [2.45, 2.75) is 44.7 Å². The Morgan fingerprint density at radius 1 is 1.44 bits per heavy atom. The zero-order chi connectivity index (χ0) is 11.5. The number of nitrogens with zero attached hydrogens (tertiary/aromatic N) is 1. The van der Waals surface area contributed by atoms with Crippen LogP contribution in [-0.2, 0) is 4.79 Å². The van der Waals surface area contributed by atoms with E-state index in [0.29, 0.717) is 0 Å². The van der Waals surface area contributed by atoms with E-state index < -0.39 is 0 Å². The molecular formula is C12H23N3O. The monoisotopic (exact) mass is 225 g/mol. The number of nitrogens with one attached hydrogen (secondary N) is 1. The number of carbonyl (C=O) groups excluding carboxylic acids is 1. The second-order valence-corrected chi connectivity index (χ2v) is 5.28. The summed E-state index contributed by atoms with van der Waals surface area (Å²) in [5.41, 5.74) is 5.66. The Morgan fingerprint density at radius 3 is 2.62 bits per heavy atom. The van der Waals surface area contributed by atoms with Crippen molar-refractivity contribution >= 4 is 5.91 Å². The maximum Gasteiger partial charge on any atom is 0.224 e. The number of rotatable bonds is 4. The van der Waals surface area contributed by atoms with Gasteiger partial charge in [-0.15, -0.1) is 0 Å². The summed E-state index contributed by atoms with van der Waals surface area (Å²) in [6.45, 7) is 5.43. The lowest BCUT2D eigenvalue weighted by Crippen LogP contribution is -2.44. The van der Waals surface area contributed by atoms with Crippen molar-refractivity contribution in [2.75, 3.05) is 19.6 Å². The largest absolute Gasteiger partial charge is 0.352 e. The SMILES string of the molecule is CC(CN1CCCCC1)NC(=O)C1CC1N. The molecular weight excluding hydrogens is 202 g/mol. The predicted molar refractivity (Wildman–Crippen MR) is 64.0 cm³/mol. The Kier molecular flexibility index (Phi) is 3.82. The zero-order valence-electron chi connectivity index (χ0n) is 10.1. The summed E-state index contributed by atoms with van der Waals surface area (Å²) < 4.78 is 0. The minimum absolute atomic E-state index is 0.0869. The molecule has 0 aromatic carbocycles. The second kappa shape index (κ2) is 5.15. The molecule has 4 heteroatoms. The molecule has 0 radical (unpaired) electrons. The number of carbonyl (C=O) groups is 1. The third kappa shape index (κ3) is 3.19. The minimum Gasteiger partial charge on any atom is -0.352 e. The van der Waals surface area contributed by atoms with Crippen molar-refractivity contribution in [3.63, 3.8) is 0 Å². The summed E-state index contributed by atoms with van der Waals surface area (Å²) >= 11 is 0. The van der Waals surface area contributed by atoms with Gasteiger partial charge in [-0.25, -0.2) is 0 Å². The van der Waals surface area contributed by atoms with Gasteiger partial charge in [-0.1, -0.05) is 6.42 Å². The van der Waals surface area contributed by atoms with E-state index in [1.807, 2.05) is 0 Å². The molecule has 1 amide bonds. The van der Waals surface area contributed by atoms with Gasteiger partial charge in [0.1, 0.15) is 0 Å². The van der Waals surface area contributed by atoms with E-state index in [-0.39, 0.29) is 23.9 Å². The average molecular weight is 225 g/mol. The molecule has 2 rings (SSSR count). The lowest BCUT2D eigenvalue weighted by atomic mass is 10.1. The van der Waals surface area contributed by atoms with Crippen LogP contribution in [0.5, 0.6) is 0 Å². The topological polar surface area (TPSA) is 58.4 Å². The summed E-state index contributed by atoms with van der Waals surface area (Å²) in [4.78, 5) is 14.1. The van der Waals surface area contributed by atoms with Crippen LogP contribution in [0.15, 0.2) is 0 Å². The standard InChI is InChI=1S/C12H23N3O/c1-9(8-15-5-3-2-4-6-15)14-12(16)10-7-11(10)13/h9-11H,2-8,13H2,1H3,(H,14,16). The Bertz CT molecular complexity index is 251. The first-order chi connectivity index (χ1) is 7.66. The minimum atomic E-state index is 0.0869. The van der Waals surface area contributed by atoms with Crippen LogP contribution in [0.4, 0.5) is 0 Å². The van der Waals surface area contributed by atoms with Gasteiger partial charge in [-0.3, -0.25) is 4.79 Å². The van der Waals surface area contributed by atoms with Gasteiger partial charge in [0.25, 0.3) is 0 Å². The molecule has 2 aliphatic rings. The zero-order valence-corrected chi connectivity index (χ0v) is 10.1. The van der Waals surface area contributed by atoms with Crippen molar-refractivity contribution in [3.8, 4) is 0 Å². The molecule has 0 spiro atoms. The number of hydrogen-bond acceptors (Lipinski definition) is 3. The normalized spacial score (nSPS) is 32.1. The van der Waals surface area contributed by atoms with Gasteiger partial charge in [0, 0.05) is 18.6 Å². The number of likely N-dealkylation sites (tertiary alicyclic amines) is 1. The molecule has 92 valence electrons. The Morgan fingerprint density at radius 2 is 2.06 bits per heavy atom. The van der Waals surface area contributed by atoms with E-state index in [4.69, 9.17) is 5.73 Å². The van der Waals surface area contributed by atoms with Crippen LogP contribution in [0.25, 0.3) is 0 Å². The molecule has 16 heavy (non-hydrogen) atoms. The summed E-state index contributed by atoms with van der Waals surface area (Å²) in [6, 6.07) is 0.362. The predicted octanol–water partition coefficient (Wildman–Crippen LogP) is 0.324. The summed E-state index contributed by atoms with van der Waals surface area (Å²) in [5.74, 6) is 0.237. The van der Waals surface area contributed by atoms with Gasteiger partial charge in [-0.2, -0.15) is 0 Å². The van der Waals surface area contributed by atoms with Gasteiger partial charge in [-0.05, 0) is 39.3 Å². The van der Waals surface area contributed by atoms with E-state index in [9.17, 15) is 4.79 Å². The quantitative estimate of drug-likeness (QED) is 0.724. The van der Waals surface area contributed by atoms with Gasteiger partial charge in [0.2, 0.25) is 5.91 Å². The molecule has 3 N–H and O–H groups in total. The van der Waals surface area contributed by atoms with E-state index in [1.165, 1.54) is 32.4 Å². The lowest BCUT2D eigenvalue weighted by Gasteiger charge is -2.29. The molecule has 0 aromatic heterocycles. The first-order valence-corrected chi connectivity index (χ1v) is 6.45. The third-order valence-electron chi connectivity index (χ3n) is 3.55. The molecule has 0 bridgehead atoms. The van der Waals surface area contributed by atoms with E-state index in [0.717, 1.165) is 13.0 Å². The van der Waals surface area contributed by atoms with Crippen molar-refractivity contribution in [3.05, 3.63) is 0 Å². The molecule has 0 aromatic rings. The van der Waals surface area contributed by atoms with Gasteiger partial charge in [0.15, 0.2) is 0 Å². The van der Waals surface area contributed by atoms with Crippen LogP contribution in [0, 0.1) is 5.92 Å². The highest BCUT2D eigenvalue weighted by Crippen LogP contribution is 2.27. The summed E-state index contributed by atoms with van der Waals surface area (Å²) in [6.07, 6.45) is 4.82.